The van der Waals surface area contributed by atoms with Gasteiger partial charge in [-0.1, -0.05) is 35.9 Å². The summed E-state index contributed by atoms with van der Waals surface area (Å²) in [5, 5.41) is 16.7. The molecule has 5 nitrogen and oxygen atoms in total. The molecule has 126 valence electrons. The molecule has 0 radical (unpaired) electrons. The first-order valence-corrected chi connectivity index (χ1v) is 8.34. The second-order valence-corrected chi connectivity index (χ2v) is 6.47. The number of carbonyl (C=O) groups excluding carboxylic acids is 1. The highest BCUT2D eigenvalue weighted by molar-refractivity contribution is 6.32. The second kappa shape index (κ2) is 7.30. The van der Waals surface area contributed by atoms with Crippen LogP contribution in [0.2, 0.25) is 5.15 Å². The molecule has 3 N–H and O–H groups in total. The lowest BCUT2D eigenvalue weighted by atomic mass is 10.1. The summed E-state index contributed by atoms with van der Waals surface area (Å²) in [6.07, 6.45) is 2.01. The molecule has 2 aromatic rings. The van der Waals surface area contributed by atoms with Crippen LogP contribution in [0.15, 0.2) is 42.6 Å². The Balaban J connectivity index is 1.59. The number of aromatic nitrogens is 1. The third-order valence-electron chi connectivity index (χ3n) is 4.19. The molecule has 1 aromatic carbocycles. The monoisotopic (exact) mass is 345 g/mol. The van der Waals surface area contributed by atoms with Crippen LogP contribution in [-0.4, -0.2) is 28.1 Å². The van der Waals surface area contributed by atoms with E-state index in [0.717, 1.165) is 11.1 Å². The van der Waals surface area contributed by atoms with Crippen molar-refractivity contribution in [2.45, 2.75) is 38.0 Å². The molecule has 1 amide bonds. The number of aliphatic hydroxyl groups excluding tert-OH is 1. The zero-order valence-electron chi connectivity index (χ0n) is 13.4. The number of aliphatic hydroxyl groups is 1. The Bertz CT molecular complexity index is 738. The maximum absolute atomic E-state index is 12.2. The van der Waals surface area contributed by atoms with E-state index in [9.17, 15) is 9.90 Å². The van der Waals surface area contributed by atoms with Crippen molar-refractivity contribution in [3.05, 3.63) is 58.9 Å². The van der Waals surface area contributed by atoms with Crippen LogP contribution < -0.4 is 10.6 Å². The number of fused-ring (bicyclic) bond motifs is 1. The van der Waals surface area contributed by atoms with Gasteiger partial charge >= 0.3 is 0 Å². The summed E-state index contributed by atoms with van der Waals surface area (Å²) in [6, 6.07) is 11.2. The van der Waals surface area contributed by atoms with Gasteiger partial charge in [-0.2, -0.15) is 0 Å². The molecule has 1 heterocycles. The summed E-state index contributed by atoms with van der Waals surface area (Å²) in [6.45, 7) is 1.93. The van der Waals surface area contributed by atoms with E-state index in [1.165, 1.54) is 0 Å². The lowest BCUT2D eigenvalue weighted by Gasteiger charge is -2.23. The fraction of sp³-hybridized carbons (Fsp3) is 0.333. The molecule has 0 aliphatic heterocycles. The first-order valence-electron chi connectivity index (χ1n) is 7.97. The van der Waals surface area contributed by atoms with Crippen LogP contribution in [0, 0.1) is 0 Å². The van der Waals surface area contributed by atoms with E-state index in [1.54, 1.807) is 18.3 Å². The molecule has 3 rings (SSSR count). The van der Waals surface area contributed by atoms with Crippen molar-refractivity contribution in [1.82, 2.24) is 10.3 Å². The predicted octanol–water partition coefficient (Wildman–Crippen LogP) is 2.70. The van der Waals surface area contributed by atoms with Crippen molar-refractivity contribution in [2.24, 2.45) is 0 Å². The van der Waals surface area contributed by atoms with Gasteiger partial charge in [0, 0.05) is 25.1 Å². The van der Waals surface area contributed by atoms with Gasteiger partial charge in [0.05, 0.1) is 17.8 Å². The first kappa shape index (κ1) is 16.9. The fourth-order valence-electron chi connectivity index (χ4n) is 3.10. The molecule has 3 atom stereocenters. The molecule has 0 bridgehead atoms. The zero-order valence-corrected chi connectivity index (χ0v) is 14.1. The lowest BCUT2D eigenvalue weighted by molar-refractivity contribution is -0.116. The average molecular weight is 346 g/mol. The Morgan fingerprint density at radius 2 is 2.17 bits per heavy atom. The Hall–Kier alpha value is -1.95. The van der Waals surface area contributed by atoms with Gasteiger partial charge in [0.2, 0.25) is 5.91 Å². The second-order valence-electron chi connectivity index (χ2n) is 6.11. The number of hydrogen-bond donors (Lipinski definition) is 3. The number of benzene rings is 1. The number of nitrogens with zero attached hydrogens (tertiary/aromatic N) is 1. The molecule has 0 fully saturated rings. The summed E-state index contributed by atoms with van der Waals surface area (Å²) < 4.78 is 0. The van der Waals surface area contributed by atoms with Crippen molar-refractivity contribution in [3.8, 4) is 0 Å². The van der Waals surface area contributed by atoms with Gasteiger partial charge in [-0.25, -0.2) is 4.98 Å². The average Bonchev–Trinajstić information content (AvgIpc) is 2.85. The van der Waals surface area contributed by atoms with Crippen molar-refractivity contribution in [1.29, 1.82) is 0 Å². The van der Waals surface area contributed by atoms with E-state index in [1.807, 2.05) is 31.2 Å². The largest absolute Gasteiger partial charge is 0.391 e. The minimum Gasteiger partial charge on any atom is -0.391 e. The number of hydrogen-bond acceptors (Lipinski definition) is 4. The minimum absolute atomic E-state index is 0.0914. The van der Waals surface area contributed by atoms with Crippen LogP contribution in [0.4, 0.5) is 5.69 Å². The van der Waals surface area contributed by atoms with E-state index in [4.69, 9.17) is 11.6 Å². The predicted molar refractivity (Wildman–Crippen MR) is 94.0 cm³/mol. The van der Waals surface area contributed by atoms with Crippen molar-refractivity contribution in [3.63, 3.8) is 0 Å². The third-order valence-corrected chi connectivity index (χ3v) is 4.49. The van der Waals surface area contributed by atoms with Crippen molar-refractivity contribution < 1.29 is 9.90 Å². The molecule has 0 saturated heterocycles. The maximum atomic E-state index is 12.2. The highest BCUT2D eigenvalue weighted by Crippen LogP contribution is 2.31. The number of pyridine rings is 1. The topological polar surface area (TPSA) is 74.2 Å². The van der Waals surface area contributed by atoms with Gasteiger partial charge in [-0.15, -0.1) is 0 Å². The van der Waals surface area contributed by atoms with E-state index in [-0.39, 0.29) is 29.6 Å². The quantitative estimate of drug-likeness (QED) is 0.728. The highest BCUT2D eigenvalue weighted by atomic mass is 35.5. The molecule has 6 heteroatoms. The summed E-state index contributed by atoms with van der Waals surface area (Å²) >= 11 is 5.94. The molecular weight excluding hydrogens is 326 g/mol. The molecule has 0 spiro atoms. The molecule has 1 aliphatic carbocycles. The van der Waals surface area contributed by atoms with Gasteiger partial charge in [-0.05, 0) is 30.2 Å². The molecular formula is C18H20ClN3O2. The van der Waals surface area contributed by atoms with Crippen LogP contribution in [0.5, 0.6) is 0 Å². The van der Waals surface area contributed by atoms with E-state index in [0.29, 0.717) is 12.1 Å². The number of anilines is 1. The standard InChI is InChI=1S/C18H20ClN3O2/c1-11(9-16(24)22-14-7-4-8-20-18(14)19)21-17-13-6-3-2-5-12(13)10-15(17)23/h2-8,11,15,17,21,23H,9-10H2,1H3,(H,22,24). The van der Waals surface area contributed by atoms with Crippen LogP contribution in [0.25, 0.3) is 0 Å². The number of carbonyl (C=O) groups is 1. The normalized spacial score (nSPS) is 20.5. The minimum atomic E-state index is -0.472. The van der Waals surface area contributed by atoms with Gasteiger partial charge in [0.15, 0.2) is 5.15 Å². The highest BCUT2D eigenvalue weighted by Gasteiger charge is 2.31. The number of nitrogens with one attached hydrogen (secondary N) is 2. The van der Waals surface area contributed by atoms with Gasteiger partial charge < -0.3 is 15.7 Å². The number of amides is 1. The van der Waals surface area contributed by atoms with E-state index in [2.05, 4.69) is 15.6 Å². The Morgan fingerprint density at radius 1 is 1.38 bits per heavy atom. The van der Waals surface area contributed by atoms with Crippen molar-refractivity contribution in [2.75, 3.05) is 5.32 Å². The Labute approximate surface area is 146 Å². The zero-order chi connectivity index (χ0) is 17.1. The maximum Gasteiger partial charge on any atom is 0.226 e. The number of halogens is 1. The third kappa shape index (κ3) is 3.75. The van der Waals surface area contributed by atoms with Crippen LogP contribution >= 0.6 is 11.6 Å². The summed E-state index contributed by atoms with van der Waals surface area (Å²) in [4.78, 5) is 16.1. The van der Waals surface area contributed by atoms with E-state index >= 15 is 0 Å². The van der Waals surface area contributed by atoms with Crippen molar-refractivity contribution >= 4 is 23.2 Å². The van der Waals surface area contributed by atoms with Gasteiger partial charge in [0.1, 0.15) is 0 Å². The van der Waals surface area contributed by atoms with Crippen LogP contribution in [0.3, 0.4) is 0 Å². The summed E-state index contributed by atoms with van der Waals surface area (Å²) in [7, 11) is 0. The lowest BCUT2D eigenvalue weighted by Crippen LogP contribution is -2.37. The van der Waals surface area contributed by atoms with Gasteiger partial charge in [0.25, 0.3) is 0 Å². The molecule has 24 heavy (non-hydrogen) atoms. The first-order chi connectivity index (χ1) is 11.5. The van der Waals surface area contributed by atoms with Crippen LogP contribution in [-0.2, 0) is 11.2 Å². The SMILES string of the molecule is CC(CC(=O)Nc1cccnc1Cl)NC1c2ccccc2CC1O. The Kier molecular flexibility index (Phi) is 5.14. The summed E-state index contributed by atoms with van der Waals surface area (Å²) in [5.74, 6) is -0.148. The number of rotatable bonds is 5. The fourth-order valence-corrected chi connectivity index (χ4v) is 3.27. The van der Waals surface area contributed by atoms with Crippen LogP contribution in [0.1, 0.15) is 30.5 Å². The molecule has 3 unspecified atom stereocenters. The van der Waals surface area contributed by atoms with E-state index < -0.39 is 6.10 Å². The molecule has 1 aromatic heterocycles. The smallest absolute Gasteiger partial charge is 0.226 e. The molecule has 0 saturated carbocycles. The summed E-state index contributed by atoms with van der Waals surface area (Å²) in [5.41, 5.74) is 2.76. The Morgan fingerprint density at radius 3 is 2.96 bits per heavy atom. The molecule has 1 aliphatic rings. The van der Waals surface area contributed by atoms with Gasteiger partial charge in [-0.3, -0.25) is 4.79 Å².